The molecule has 0 fully saturated rings. The van der Waals surface area contributed by atoms with E-state index in [1.165, 1.54) is 12.1 Å². The highest BCUT2D eigenvalue weighted by atomic mass is 16.3. The second-order valence-corrected chi connectivity index (χ2v) is 6.24. The van der Waals surface area contributed by atoms with Crippen molar-refractivity contribution in [3.63, 3.8) is 0 Å². The molecule has 1 aromatic carbocycles. The van der Waals surface area contributed by atoms with Gasteiger partial charge in [-0.15, -0.1) is 0 Å². The Kier molecular flexibility index (Phi) is 5.39. The van der Waals surface area contributed by atoms with E-state index in [1.807, 2.05) is 0 Å². The molecule has 5 heteroatoms. The molecule has 112 valence electrons. The van der Waals surface area contributed by atoms with E-state index < -0.39 is 6.04 Å². The highest BCUT2D eigenvalue weighted by Crippen LogP contribution is 2.25. The van der Waals surface area contributed by atoms with Crippen LogP contribution < -0.4 is 11.1 Å². The van der Waals surface area contributed by atoms with E-state index in [2.05, 4.69) is 26.1 Å². The molecule has 0 spiro atoms. The van der Waals surface area contributed by atoms with Gasteiger partial charge in [0, 0.05) is 6.54 Å². The lowest BCUT2D eigenvalue weighted by Crippen LogP contribution is -2.42. The van der Waals surface area contributed by atoms with E-state index in [9.17, 15) is 15.0 Å². The van der Waals surface area contributed by atoms with Crippen LogP contribution in [-0.4, -0.2) is 28.7 Å². The lowest BCUT2D eigenvalue weighted by Gasteiger charge is -2.19. The Morgan fingerprint density at radius 1 is 1.30 bits per heavy atom. The van der Waals surface area contributed by atoms with Gasteiger partial charge in [-0.1, -0.05) is 26.8 Å². The maximum absolute atomic E-state index is 11.8. The summed E-state index contributed by atoms with van der Waals surface area (Å²) in [6.07, 6.45) is 1.20. The quantitative estimate of drug-likeness (QED) is 0.615. The van der Waals surface area contributed by atoms with Crippen molar-refractivity contribution in [1.82, 2.24) is 5.32 Å². The SMILES string of the molecule is CC(C)(C)CCNC(=O)[C@@H](N)Cc1ccc(O)c(O)c1. The number of benzene rings is 1. The van der Waals surface area contributed by atoms with Crippen LogP contribution in [0.15, 0.2) is 18.2 Å². The Labute approximate surface area is 119 Å². The standard InChI is InChI=1S/C15H24N2O3/c1-15(2,3)6-7-17-14(20)11(16)8-10-4-5-12(18)13(19)9-10/h4-5,9,11,18-19H,6-8,16H2,1-3H3,(H,17,20)/t11-/m0/s1. The first-order chi connectivity index (χ1) is 9.19. The minimum atomic E-state index is -0.668. The van der Waals surface area contributed by atoms with Gasteiger partial charge in [0.05, 0.1) is 6.04 Å². The summed E-state index contributed by atoms with van der Waals surface area (Å²) >= 11 is 0. The number of hydrogen-bond acceptors (Lipinski definition) is 4. The van der Waals surface area contributed by atoms with E-state index >= 15 is 0 Å². The predicted molar refractivity (Wildman–Crippen MR) is 78.5 cm³/mol. The van der Waals surface area contributed by atoms with Crippen molar-refractivity contribution < 1.29 is 15.0 Å². The first-order valence-corrected chi connectivity index (χ1v) is 6.73. The van der Waals surface area contributed by atoms with Gasteiger partial charge in [0.25, 0.3) is 0 Å². The van der Waals surface area contributed by atoms with Gasteiger partial charge in [-0.25, -0.2) is 0 Å². The zero-order valence-electron chi connectivity index (χ0n) is 12.3. The Bertz CT molecular complexity index is 467. The highest BCUT2D eigenvalue weighted by molar-refractivity contribution is 5.81. The first kappa shape index (κ1) is 16.3. The number of amides is 1. The molecule has 0 saturated heterocycles. The van der Waals surface area contributed by atoms with Crippen molar-refractivity contribution in [3.05, 3.63) is 23.8 Å². The largest absolute Gasteiger partial charge is 0.504 e. The molecule has 1 amide bonds. The second-order valence-electron chi connectivity index (χ2n) is 6.24. The number of hydrogen-bond donors (Lipinski definition) is 4. The molecule has 0 radical (unpaired) electrons. The van der Waals surface area contributed by atoms with Crippen LogP contribution in [0.25, 0.3) is 0 Å². The summed E-state index contributed by atoms with van der Waals surface area (Å²) in [5.41, 5.74) is 6.71. The summed E-state index contributed by atoms with van der Waals surface area (Å²) in [6, 6.07) is 3.77. The summed E-state index contributed by atoms with van der Waals surface area (Å²) in [5, 5.41) is 21.4. The summed E-state index contributed by atoms with van der Waals surface area (Å²) in [4.78, 5) is 11.8. The minimum Gasteiger partial charge on any atom is -0.504 e. The maximum atomic E-state index is 11.8. The Balaban J connectivity index is 2.47. The van der Waals surface area contributed by atoms with E-state index in [1.54, 1.807) is 6.07 Å². The zero-order chi connectivity index (χ0) is 15.3. The third-order valence-electron chi connectivity index (χ3n) is 3.01. The molecule has 1 aromatic rings. The Hall–Kier alpha value is -1.75. The second kappa shape index (κ2) is 6.61. The van der Waals surface area contributed by atoms with Crippen molar-refractivity contribution in [2.24, 2.45) is 11.1 Å². The fourth-order valence-electron chi connectivity index (χ4n) is 1.73. The minimum absolute atomic E-state index is 0.167. The third-order valence-corrected chi connectivity index (χ3v) is 3.01. The number of nitrogens with one attached hydrogen (secondary N) is 1. The molecule has 1 atom stereocenters. The van der Waals surface area contributed by atoms with Gasteiger partial charge in [0.1, 0.15) is 0 Å². The molecule has 0 aliphatic rings. The predicted octanol–water partition coefficient (Wildman–Crippen LogP) is 1.52. The van der Waals surface area contributed by atoms with E-state index in [0.29, 0.717) is 18.5 Å². The van der Waals surface area contributed by atoms with Gasteiger partial charge in [-0.05, 0) is 36.0 Å². The van der Waals surface area contributed by atoms with Crippen LogP contribution in [0.5, 0.6) is 11.5 Å². The van der Waals surface area contributed by atoms with Gasteiger partial charge in [0.2, 0.25) is 5.91 Å². The summed E-state index contributed by atoms with van der Waals surface area (Å²) in [5.74, 6) is -0.596. The van der Waals surface area contributed by atoms with Gasteiger partial charge < -0.3 is 21.3 Å². The van der Waals surface area contributed by atoms with Crippen LogP contribution in [0.4, 0.5) is 0 Å². The van der Waals surface area contributed by atoms with Crippen molar-refractivity contribution in [1.29, 1.82) is 0 Å². The number of aromatic hydroxyl groups is 2. The number of carbonyl (C=O) groups is 1. The molecule has 0 unspecified atom stereocenters. The topological polar surface area (TPSA) is 95.6 Å². The monoisotopic (exact) mass is 280 g/mol. The maximum Gasteiger partial charge on any atom is 0.237 e. The number of phenolic OH excluding ortho intramolecular Hbond substituents is 2. The summed E-state index contributed by atoms with van der Waals surface area (Å²) < 4.78 is 0. The van der Waals surface area contributed by atoms with E-state index in [0.717, 1.165) is 6.42 Å². The molecule has 0 heterocycles. The number of carbonyl (C=O) groups excluding carboxylic acids is 1. The molecule has 0 aromatic heterocycles. The van der Waals surface area contributed by atoms with Crippen LogP contribution in [0.2, 0.25) is 0 Å². The van der Waals surface area contributed by atoms with Crippen molar-refractivity contribution in [2.45, 2.75) is 39.7 Å². The van der Waals surface area contributed by atoms with Crippen LogP contribution in [-0.2, 0) is 11.2 Å². The molecule has 0 saturated carbocycles. The molecule has 0 bridgehead atoms. The molecular formula is C15H24N2O3. The fraction of sp³-hybridized carbons (Fsp3) is 0.533. The van der Waals surface area contributed by atoms with Gasteiger partial charge in [0.15, 0.2) is 11.5 Å². The molecule has 20 heavy (non-hydrogen) atoms. The molecule has 0 aliphatic heterocycles. The zero-order valence-corrected chi connectivity index (χ0v) is 12.3. The normalized spacial score (nSPS) is 13.0. The van der Waals surface area contributed by atoms with Gasteiger partial charge in [-0.3, -0.25) is 4.79 Å². The van der Waals surface area contributed by atoms with Crippen LogP contribution in [0.3, 0.4) is 0 Å². The Morgan fingerprint density at radius 2 is 1.95 bits per heavy atom. The van der Waals surface area contributed by atoms with Crippen molar-refractivity contribution >= 4 is 5.91 Å². The van der Waals surface area contributed by atoms with Crippen LogP contribution in [0, 0.1) is 5.41 Å². The lowest BCUT2D eigenvalue weighted by molar-refractivity contribution is -0.122. The molecule has 5 N–H and O–H groups in total. The van der Waals surface area contributed by atoms with Gasteiger partial charge >= 0.3 is 0 Å². The molecule has 1 rings (SSSR count). The highest BCUT2D eigenvalue weighted by Gasteiger charge is 2.16. The van der Waals surface area contributed by atoms with E-state index in [4.69, 9.17) is 5.73 Å². The summed E-state index contributed by atoms with van der Waals surface area (Å²) in [7, 11) is 0. The van der Waals surface area contributed by atoms with Crippen LogP contribution >= 0.6 is 0 Å². The molecule has 5 nitrogen and oxygen atoms in total. The lowest BCUT2D eigenvalue weighted by atomic mass is 9.92. The number of phenols is 2. The first-order valence-electron chi connectivity index (χ1n) is 6.73. The smallest absolute Gasteiger partial charge is 0.237 e. The molecular weight excluding hydrogens is 256 g/mol. The van der Waals surface area contributed by atoms with E-state index in [-0.39, 0.29) is 22.8 Å². The van der Waals surface area contributed by atoms with Crippen molar-refractivity contribution in [3.8, 4) is 11.5 Å². The number of rotatable bonds is 5. The summed E-state index contributed by atoms with van der Waals surface area (Å²) in [6.45, 7) is 6.92. The van der Waals surface area contributed by atoms with Gasteiger partial charge in [-0.2, -0.15) is 0 Å². The van der Waals surface area contributed by atoms with Crippen LogP contribution in [0.1, 0.15) is 32.8 Å². The third kappa shape index (κ3) is 5.48. The van der Waals surface area contributed by atoms with Crippen molar-refractivity contribution in [2.75, 3.05) is 6.54 Å². The fourth-order valence-corrected chi connectivity index (χ4v) is 1.73. The molecule has 0 aliphatic carbocycles. The Morgan fingerprint density at radius 3 is 2.50 bits per heavy atom. The number of nitrogens with two attached hydrogens (primary N) is 1. The average Bonchev–Trinajstić information content (AvgIpc) is 2.32. The average molecular weight is 280 g/mol.